The first-order valence-corrected chi connectivity index (χ1v) is 7.59. The Morgan fingerprint density at radius 3 is 2.89 bits per heavy atom. The molecule has 1 atom stereocenters. The van der Waals surface area contributed by atoms with Crippen molar-refractivity contribution in [1.29, 1.82) is 0 Å². The number of pyridine rings is 1. The molecular weight excluding hydrogens is 258 g/mol. The Morgan fingerprint density at radius 2 is 2.21 bits per heavy atom. The first-order valence-electron chi connectivity index (χ1n) is 7.21. The van der Waals surface area contributed by atoms with Crippen LogP contribution in [0.15, 0.2) is 12.3 Å². The van der Waals surface area contributed by atoms with Crippen molar-refractivity contribution in [2.75, 3.05) is 18.0 Å². The highest BCUT2D eigenvalue weighted by molar-refractivity contribution is 6.31. The van der Waals surface area contributed by atoms with E-state index in [1.807, 2.05) is 6.07 Å². The lowest BCUT2D eigenvalue weighted by Crippen LogP contribution is -2.25. The van der Waals surface area contributed by atoms with Crippen molar-refractivity contribution in [3.8, 4) is 0 Å². The van der Waals surface area contributed by atoms with Gasteiger partial charge >= 0.3 is 0 Å². The van der Waals surface area contributed by atoms with Crippen LogP contribution in [0, 0.1) is 11.8 Å². The summed E-state index contributed by atoms with van der Waals surface area (Å²) in [4.78, 5) is 6.83. The molecule has 1 saturated heterocycles. The number of anilines is 1. The van der Waals surface area contributed by atoms with E-state index in [2.05, 4.69) is 23.7 Å². The van der Waals surface area contributed by atoms with Crippen LogP contribution in [0.1, 0.15) is 38.7 Å². The number of hydrogen-bond acceptors (Lipinski definition) is 3. The SMILES string of the molecule is CC(C)C1CCCN(c2cc(CN)c(Cl)cn2)CC1. The maximum absolute atomic E-state index is 6.07. The van der Waals surface area contributed by atoms with Gasteiger partial charge in [-0.2, -0.15) is 0 Å². The molecule has 1 aromatic heterocycles. The lowest BCUT2D eigenvalue weighted by molar-refractivity contribution is 0.351. The van der Waals surface area contributed by atoms with Crippen LogP contribution in [0.3, 0.4) is 0 Å². The minimum Gasteiger partial charge on any atom is -0.357 e. The molecule has 0 spiro atoms. The molecule has 2 N–H and O–H groups in total. The van der Waals surface area contributed by atoms with E-state index in [0.29, 0.717) is 11.6 Å². The van der Waals surface area contributed by atoms with Crippen molar-refractivity contribution in [2.24, 2.45) is 17.6 Å². The van der Waals surface area contributed by atoms with Crippen molar-refractivity contribution >= 4 is 17.4 Å². The minimum absolute atomic E-state index is 0.469. The monoisotopic (exact) mass is 281 g/mol. The smallest absolute Gasteiger partial charge is 0.128 e. The van der Waals surface area contributed by atoms with Gasteiger partial charge in [-0.3, -0.25) is 0 Å². The zero-order chi connectivity index (χ0) is 13.8. The summed E-state index contributed by atoms with van der Waals surface area (Å²) in [7, 11) is 0. The highest BCUT2D eigenvalue weighted by atomic mass is 35.5. The van der Waals surface area contributed by atoms with Crippen LogP contribution in [-0.4, -0.2) is 18.1 Å². The van der Waals surface area contributed by atoms with E-state index in [1.54, 1.807) is 6.20 Å². The topological polar surface area (TPSA) is 42.1 Å². The van der Waals surface area contributed by atoms with Crippen LogP contribution in [0.4, 0.5) is 5.82 Å². The Hall–Kier alpha value is -0.800. The summed E-state index contributed by atoms with van der Waals surface area (Å²) in [6, 6.07) is 2.04. The number of aromatic nitrogens is 1. The average Bonchev–Trinajstić information content (AvgIpc) is 2.65. The summed E-state index contributed by atoms with van der Waals surface area (Å²) >= 11 is 6.07. The Morgan fingerprint density at radius 1 is 1.42 bits per heavy atom. The van der Waals surface area contributed by atoms with E-state index in [-0.39, 0.29) is 0 Å². The molecule has 2 rings (SSSR count). The second kappa shape index (κ2) is 6.58. The third kappa shape index (κ3) is 3.61. The third-order valence-electron chi connectivity index (χ3n) is 4.18. The molecule has 106 valence electrons. The normalized spacial score (nSPS) is 20.7. The van der Waals surface area contributed by atoms with Crippen LogP contribution in [0.2, 0.25) is 5.02 Å². The molecule has 0 aliphatic carbocycles. The van der Waals surface area contributed by atoms with Gasteiger partial charge in [0.1, 0.15) is 5.82 Å². The van der Waals surface area contributed by atoms with Gasteiger partial charge in [-0.25, -0.2) is 4.98 Å². The van der Waals surface area contributed by atoms with Crippen LogP contribution < -0.4 is 10.6 Å². The molecule has 1 aliphatic rings. The summed E-state index contributed by atoms with van der Waals surface area (Å²) in [6.07, 6.45) is 5.54. The van der Waals surface area contributed by atoms with Crippen LogP contribution in [0.5, 0.6) is 0 Å². The predicted molar refractivity (Wildman–Crippen MR) is 81.5 cm³/mol. The predicted octanol–water partition coefficient (Wildman–Crippen LogP) is 3.46. The lowest BCUT2D eigenvalue weighted by atomic mass is 9.89. The Bertz CT molecular complexity index is 420. The maximum Gasteiger partial charge on any atom is 0.128 e. The van der Waals surface area contributed by atoms with Crippen molar-refractivity contribution < 1.29 is 0 Å². The van der Waals surface area contributed by atoms with Gasteiger partial charge in [0.05, 0.1) is 5.02 Å². The van der Waals surface area contributed by atoms with E-state index in [9.17, 15) is 0 Å². The second-order valence-corrected chi connectivity index (χ2v) is 6.17. The number of rotatable bonds is 3. The zero-order valence-corrected chi connectivity index (χ0v) is 12.7. The minimum atomic E-state index is 0.469. The summed E-state index contributed by atoms with van der Waals surface area (Å²) in [5.74, 6) is 2.64. The molecule has 3 nitrogen and oxygen atoms in total. The quantitative estimate of drug-likeness (QED) is 0.923. The summed E-state index contributed by atoms with van der Waals surface area (Å²) in [5.41, 5.74) is 6.69. The molecule has 1 fully saturated rings. The largest absolute Gasteiger partial charge is 0.357 e. The van der Waals surface area contributed by atoms with Gasteiger partial charge in [0.15, 0.2) is 0 Å². The lowest BCUT2D eigenvalue weighted by Gasteiger charge is -2.23. The maximum atomic E-state index is 6.07. The summed E-state index contributed by atoms with van der Waals surface area (Å²) in [5, 5.41) is 0.668. The van der Waals surface area contributed by atoms with Crippen LogP contribution in [-0.2, 0) is 6.54 Å². The van der Waals surface area contributed by atoms with E-state index in [1.165, 1.54) is 19.3 Å². The molecule has 1 aliphatic heterocycles. The Labute approximate surface area is 121 Å². The number of hydrogen-bond donors (Lipinski definition) is 1. The summed E-state index contributed by atoms with van der Waals surface area (Å²) < 4.78 is 0. The standard InChI is InChI=1S/C15H24ClN3/c1-11(2)12-4-3-6-19(7-5-12)15-8-13(9-17)14(16)10-18-15/h8,10-12H,3-7,9,17H2,1-2H3. The number of nitrogens with two attached hydrogens (primary N) is 1. The van der Waals surface area contributed by atoms with E-state index >= 15 is 0 Å². The van der Waals surface area contributed by atoms with Crippen molar-refractivity contribution in [1.82, 2.24) is 4.98 Å². The van der Waals surface area contributed by atoms with Gasteiger partial charge in [-0.05, 0) is 42.7 Å². The molecule has 4 heteroatoms. The molecule has 0 radical (unpaired) electrons. The molecule has 0 aromatic carbocycles. The molecule has 0 saturated carbocycles. The fourth-order valence-electron chi connectivity index (χ4n) is 2.82. The molecule has 2 heterocycles. The average molecular weight is 282 g/mol. The molecule has 0 bridgehead atoms. The van der Waals surface area contributed by atoms with Crippen LogP contribution >= 0.6 is 11.6 Å². The zero-order valence-electron chi connectivity index (χ0n) is 11.9. The van der Waals surface area contributed by atoms with Gasteiger partial charge in [0.25, 0.3) is 0 Å². The second-order valence-electron chi connectivity index (χ2n) is 5.76. The fraction of sp³-hybridized carbons (Fsp3) is 0.667. The number of halogens is 1. The first-order chi connectivity index (χ1) is 9.11. The van der Waals surface area contributed by atoms with Gasteiger partial charge < -0.3 is 10.6 Å². The van der Waals surface area contributed by atoms with E-state index in [0.717, 1.165) is 36.3 Å². The fourth-order valence-corrected chi connectivity index (χ4v) is 3.00. The molecule has 19 heavy (non-hydrogen) atoms. The Kier molecular flexibility index (Phi) is 5.06. The van der Waals surface area contributed by atoms with E-state index in [4.69, 9.17) is 17.3 Å². The third-order valence-corrected chi connectivity index (χ3v) is 4.52. The first kappa shape index (κ1) is 14.6. The van der Waals surface area contributed by atoms with Crippen molar-refractivity contribution in [3.63, 3.8) is 0 Å². The van der Waals surface area contributed by atoms with Crippen LogP contribution in [0.25, 0.3) is 0 Å². The van der Waals surface area contributed by atoms with Gasteiger partial charge in [-0.1, -0.05) is 25.4 Å². The molecule has 0 amide bonds. The Balaban J connectivity index is 2.09. The van der Waals surface area contributed by atoms with Crippen molar-refractivity contribution in [2.45, 2.75) is 39.7 Å². The highest BCUT2D eigenvalue weighted by Crippen LogP contribution is 2.27. The van der Waals surface area contributed by atoms with Gasteiger partial charge in [0, 0.05) is 25.8 Å². The molecule has 1 unspecified atom stereocenters. The molecular formula is C15H24ClN3. The van der Waals surface area contributed by atoms with Gasteiger partial charge in [0.2, 0.25) is 0 Å². The summed E-state index contributed by atoms with van der Waals surface area (Å²) in [6.45, 7) is 7.29. The van der Waals surface area contributed by atoms with E-state index < -0.39 is 0 Å². The van der Waals surface area contributed by atoms with Gasteiger partial charge in [-0.15, -0.1) is 0 Å². The van der Waals surface area contributed by atoms with Crippen molar-refractivity contribution in [3.05, 3.63) is 22.8 Å². The highest BCUT2D eigenvalue weighted by Gasteiger charge is 2.20. The molecule has 1 aromatic rings. The number of nitrogens with zero attached hydrogens (tertiary/aromatic N) is 2.